The molecule has 4 aromatic carbocycles. The molecule has 3 heteroatoms. The van der Waals surface area contributed by atoms with E-state index in [2.05, 4.69) is 12.1 Å². The predicted molar refractivity (Wildman–Crippen MR) is 134 cm³/mol. The first-order chi connectivity index (χ1) is 16.2. The van der Waals surface area contributed by atoms with Crippen LogP contribution in [0.1, 0.15) is 27.8 Å². The number of hydrogen-bond donors (Lipinski definition) is 1. The second kappa shape index (κ2) is 11.1. The molecule has 0 saturated carbocycles. The van der Waals surface area contributed by atoms with Crippen molar-refractivity contribution in [3.63, 3.8) is 0 Å². The first-order valence-electron chi connectivity index (χ1n) is 11.1. The van der Waals surface area contributed by atoms with Crippen LogP contribution in [0.5, 0.6) is 17.2 Å². The Hall–Kier alpha value is -3.98. The van der Waals surface area contributed by atoms with Gasteiger partial charge in [-0.1, -0.05) is 84.9 Å². The van der Waals surface area contributed by atoms with Crippen LogP contribution >= 0.6 is 0 Å². The summed E-state index contributed by atoms with van der Waals surface area (Å²) in [7, 11) is 0. The fourth-order valence-corrected chi connectivity index (χ4v) is 3.60. The molecule has 0 saturated heterocycles. The summed E-state index contributed by atoms with van der Waals surface area (Å²) in [5.41, 5.74) is 5.01. The largest absolute Gasteiger partial charge is 0.508 e. The van der Waals surface area contributed by atoms with E-state index >= 15 is 0 Å². The summed E-state index contributed by atoms with van der Waals surface area (Å²) in [6.45, 7) is 2.95. The molecule has 0 unspecified atom stereocenters. The minimum Gasteiger partial charge on any atom is -0.508 e. The van der Waals surface area contributed by atoms with Crippen LogP contribution in [0.3, 0.4) is 0 Å². The molecular weight excluding hydrogens is 408 g/mol. The van der Waals surface area contributed by atoms with Gasteiger partial charge in [0, 0.05) is 5.56 Å². The van der Waals surface area contributed by atoms with Crippen LogP contribution in [0, 0.1) is 6.92 Å². The maximum atomic E-state index is 10.6. The van der Waals surface area contributed by atoms with Crippen molar-refractivity contribution in [2.75, 3.05) is 0 Å². The van der Waals surface area contributed by atoms with E-state index in [0.717, 1.165) is 33.6 Å². The first kappa shape index (κ1) is 22.2. The van der Waals surface area contributed by atoms with Gasteiger partial charge < -0.3 is 14.6 Å². The van der Waals surface area contributed by atoms with E-state index in [-0.39, 0.29) is 5.75 Å². The second-order valence-corrected chi connectivity index (χ2v) is 7.99. The Morgan fingerprint density at radius 3 is 2.09 bits per heavy atom. The number of phenols is 1. The Morgan fingerprint density at radius 1 is 0.727 bits per heavy atom. The molecule has 4 rings (SSSR count). The number of aromatic hydroxyl groups is 1. The highest BCUT2D eigenvalue weighted by Crippen LogP contribution is 2.31. The van der Waals surface area contributed by atoms with Gasteiger partial charge in [0.15, 0.2) is 0 Å². The number of phenolic OH excluding ortho intramolecular Hbond substituents is 1. The smallest absolute Gasteiger partial charge is 0.127 e. The second-order valence-electron chi connectivity index (χ2n) is 7.99. The number of rotatable bonds is 9. The summed E-state index contributed by atoms with van der Waals surface area (Å²) >= 11 is 0. The molecule has 0 fully saturated rings. The molecule has 0 aromatic heterocycles. The van der Waals surface area contributed by atoms with Gasteiger partial charge in [-0.2, -0.15) is 0 Å². The lowest BCUT2D eigenvalue weighted by Crippen LogP contribution is -1.99. The fourth-order valence-electron chi connectivity index (χ4n) is 3.60. The quantitative estimate of drug-likeness (QED) is 0.304. The van der Waals surface area contributed by atoms with Crippen LogP contribution in [-0.4, -0.2) is 5.11 Å². The number of allylic oxidation sites excluding steroid dienone is 1. The van der Waals surface area contributed by atoms with Gasteiger partial charge in [0.2, 0.25) is 0 Å². The standard InChI is InChI=1S/C30H28O3/c1-23-18-29(31)28(30(19-23)33-22-26-12-6-3-7-13-26)17-9-15-24-14-8-16-27(20-24)32-21-25-10-4-2-5-11-25/h2-16,18-20,31H,17,21-22H2,1H3/b15-9+. The van der Waals surface area contributed by atoms with Crippen molar-refractivity contribution in [3.05, 3.63) is 131 Å². The molecule has 0 radical (unpaired) electrons. The molecule has 0 heterocycles. The molecule has 0 aliphatic carbocycles. The molecule has 0 atom stereocenters. The van der Waals surface area contributed by atoms with E-state index < -0.39 is 0 Å². The maximum absolute atomic E-state index is 10.6. The number of benzene rings is 4. The van der Waals surface area contributed by atoms with E-state index in [0.29, 0.717) is 25.4 Å². The van der Waals surface area contributed by atoms with Gasteiger partial charge >= 0.3 is 0 Å². The van der Waals surface area contributed by atoms with Gasteiger partial charge in [0.1, 0.15) is 30.5 Å². The average molecular weight is 437 g/mol. The zero-order chi connectivity index (χ0) is 22.9. The zero-order valence-corrected chi connectivity index (χ0v) is 18.8. The van der Waals surface area contributed by atoms with Crippen LogP contribution in [0.15, 0.2) is 103 Å². The zero-order valence-electron chi connectivity index (χ0n) is 18.8. The normalized spacial score (nSPS) is 10.9. The summed E-state index contributed by atoms with van der Waals surface area (Å²) in [6, 6.07) is 31.9. The average Bonchev–Trinajstić information content (AvgIpc) is 2.84. The molecule has 0 amide bonds. The first-order valence-corrected chi connectivity index (χ1v) is 11.1. The molecular formula is C30H28O3. The Morgan fingerprint density at radius 2 is 1.39 bits per heavy atom. The number of hydrogen-bond acceptors (Lipinski definition) is 3. The minimum absolute atomic E-state index is 0.252. The van der Waals surface area contributed by atoms with Crippen molar-refractivity contribution in [2.45, 2.75) is 26.6 Å². The van der Waals surface area contributed by atoms with Crippen molar-refractivity contribution < 1.29 is 14.6 Å². The number of ether oxygens (including phenoxy) is 2. The summed E-state index contributed by atoms with van der Waals surface area (Å²) < 4.78 is 12.0. The lowest BCUT2D eigenvalue weighted by atomic mass is 10.1. The lowest BCUT2D eigenvalue weighted by molar-refractivity contribution is 0.301. The third-order valence-electron chi connectivity index (χ3n) is 5.31. The van der Waals surface area contributed by atoms with E-state index in [1.807, 2.05) is 97.9 Å². The van der Waals surface area contributed by atoms with Crippen molar-refractivity contribution in [1.82, 2.24) is 0 Å². The Labute approximate surface area is 195 Å². The van der Waals surface area contributed by atoms with Gasteiger partial charge in [0.05, 0.1) is 0 Å². The van der Waals surface area contributed by atoms with Crippen LogP contribution in [0.2, 0.25) is 0 Å². The highest BCUT2D eigenvalue weighted by atomic mass is 16.5. The van der Waals surface area contributed by atoms with Gasteiger partial charge in [-0.15, -0.1) is 0 Å². The number of aryl methyl sites for hydroxylation is 1. The van der Waals surface area contributed by atoms with E-state index in [1.165, 1.54) is 0 Å². The summed E-state index contributed by atoms with van der Waals surface area (Å²) in [6.07, 6.45) is 4.64. The van der Waals surface area contributed by atoms with Crippen molar-refractivity contribution in [1.29, 1.82) is 0 Å². The minimum atomic E-state index is 0.252. The maximum Gasteiger partial charge on any atom is 0.127 e. The lowest BCUT2D eigenvalue weighted by Gasteiger charge is -2.13. The van der Waals surface area contributed by atoms with Gasteiger partial charge in [-0.3, -0.25) is 0 Å². The van der Waals surface area contributed by atoms with Crippen LogP contribution in [-0.2, 0) is 19.6 Å². The molecule has 3 nitrogen and oxygen atoms in total. The Bertz CT molecular complexity index is 1200. The molecule has 33 heavy (non-hydrogen) atoms. The molecule has 0 spiro atoms. The van der Waals surface area contributed by atoms with Crippen molar-refractivity contribution >= 4 is 6.08 Å². The Balaban J connectivity index is 1.42. The molecule has 0 aliphatic rings. The van der Waals surface area contributed by atoms with Gasteiger partial charge in [-0.25, -0.2) is 0 Å². The molecule has 166 valence electrons. The topological polar surface area (TPSA) is 38.7 Å². The summed E-state index contributed by atoms with van der Waals surface area (Å²) in [4.78, 5) is 0. The fraction of sp³-hybridized carbons (Fsp3) is 0.133. The van der Waals surface area contributed by atoms with Gasteiger partial charge in [-0.05, 0) is 59.9 Å². The third kappa shape index (κ3) is 6.50. The highest BCUT2D eigenvalue weighted by Gasteiger charge is 2.10. The van der Waals surface area contributed by atoms with Crippen molar-refractivity contribution in [3.8, 4) is 17.2 Å². The SMILES string of the molecule is Cc1cc(O)c(C/C=C/c2cccc(OCc3ccccc3)c2)c(OCc2ccccc2)c1. The van der Waals surface area contributed by atoms with Crippen molar-refractivity contribution in [2.24, 2.45) is 0 Å². The molecule has 0 bridgehead atoms. The van der Waals surface area contributed by atoms with E-state index in [9.17, 15) is 5.11 Å². The van der Waals surface area contributed by atoms with Crippen LogP contribution in [0.4, 0.5) is 0 Å². The Kier molecular flexibility index (Phi) is 7.44. The highest BCUT2D eigenvalue weighted by molar-refractivity contribution is 5.54. The third-order valence-corrected chi connectivity index (χ3v) is 5.31. The molecule has 4 aromatic rings. The summed E-state index contributed by atoms with van der Waals surface area (Å²) in [5, 5.41) is 10.6. The van der Waals surface area contributed by atoms with Crippen LogP contribution < -0.4 is 9.47 Å². The predicted octanol–water partition coefficient (Wildman–Crippen LogP) is 7.11. The monoisotopic (exact) mass is 436 g/mol. The molecule has 1 N–H and O–H groups in total. The van der Waals surface area contributed by atoms with E-state index in [4.69, 9.17) is 9.47 Å². The van der Waals surface area contributed by atoms with E-state index in [1.54, 1.807) is 6.07 Å². The van der Waals surface area contributed by atoms with Crippen LogP contribution in [0.25, 0.3) is 6.08 Å². The summed E-state index contributed by atoms with van der Waals surface area (Å²) in [5.74, 6) is 1.79. The van der Waals surface area contributed by atoms with Gasteiger partial charge in [0.25, 0.3) is 0 Å². The molecule has 0 aliphatic heterocycles.